The molecule has 1 saturated carbocycles. The van der Waals surface area contributed by atoms with Gasteiger partial charge in [0.2, 0.25) is 11.8 Å². The van der Waals surface area contributed by atoms with Gasteiger partial charge in [0, 0.05) is 23.9 Å². The number of benzene rings is 1. The molecule has 0 bridgehead atoms. The van der Waals surface area contributed by atoms with E-state index >= 15 is 0 Å². The van der Waals surface area contributed by atoms with Crippen LogP contribution in [0.4, 0.5) is 0 Å². The lowest BCUT2D eigenvalue weighted by Crippen LogP contribution is -2.47. The highest BCUT2D eigenvalue weighted by Gasteiger charge is 2.37. The van der Waals surface area contributed by atoms with E-state index in [2.05, 4.69) is 49.6 Å². The van der Waals surface area contributed by atoms with Gasteiger partial charge < -0.3 is 9.80 Å². The molecule has 160 valence electrons. The zero-order valence-electron chi connectivity index (χ0n) is 18.1. The van der Waals surface area contributed by atoms with Crippen molar-refractivity contribution < 1.29 is 9.59 Å². The number of fused-ring (bicyclic) bond motifs is 1. The first-order valence-corrected chi connectivity index (χ1v) is 12.2. The maximum Gasteiger partial charge on any atom is 0.243 e. The fourth-order valence-corrected chi connectivity index (χ4v) is 5.31. The molecule has 0 saturated heterocycles. The molecular formula is C25H32N2O2S. The summed E-state index contributed by atoms with van der Waals surface area (Å²) in [5.41, 5.74) is 3.62. The summed E-state index contributed by atoms with van der Waals surface area (Å²) in [6, 6.07) is 10.9. The Balaban J connectivity index is 1.54. The van der Waals surface area contributed by atoms with E-state index in [-0.39, 0.29) is 30.4 Å². The van der Waals surface area contributed by atoms with Crippen molar-refractivity contribution in [3.63, 3.8) is 0 Å². The van der Waals surface area contributed by atoms with Gasteiger partial charge in [-0.25, -0.2) is 0 Å². The molecule has 1 fully saturated rings. The topological polar surface area (TPSA) is 40.6 Å². The summed E-state index contributed by atoms with van der Waals surface area (Å²) < 4.78 is 0. The van der Waals surface area contributed by atoms with E-state index < -0.39 is 0 Å². The first-order valence-electron chi connectivity index (χ1n) is 11.3. The van der Waals surface area contributed by atoms with E-state index in [0.29, 0.717) is 13.0 Å². The van der Waals surface area contributed by atoms with Crippen LogP contribution >= 0.6 is 11.3 Å². The number of rotatable bonds is 8. The number of carbonyl (C=O) groups excluding carboxylic acids is 2. The van der Waals surface area contributed by atoms with Gasteiger partial charge in [-0.15, -0.1) is 11.3 Å². The summed E-state index contributed by atoms with van der Waals surface area (Å²) in [6.45, 7) is 5.17. The van der Waals surface area contributed by atoms with E-state index in [9.17, 15) is 9.59 Å². The fourth-order valence-electron chi connectivity index (χ4n) is 4.41. The summed E-state index contributed by atoms with van der Waals surface area (Å²) in [5, 5.41) is 2.13. The van der Waals surface area contributed by atoms with Crippen molar-refractivity contribution in [2.24, 2.45) is 0 Å². The number of hydrogen-bond acceptors (Lipinski definition) is 3. The van der Waals surface area contributed by atoms with E-state index in [4.69, 9.17) is 0 Å². The minimum Gasteiger partial charge on any atom is -0.330 e. The van der Waals surface area contributed by atoms with Crippen molar-refractivity contribution in [2.45, 2.75) is 70.9 Å². The number of aryl methyl sites for hydroxylation is 1. The largest absolute Gasteiger partial charge is 0.330 e. The van der Waals surface area contributed by atoms with Gasteiger partial charge >= 0.3 is 0 Å². The second kappa shape index (κ2) is 9.34. The molecule has 1 aromatic heterocycles. The van der Waals surface area contributed by atoms with Crippen LogP contribution in [-0.4, -0.2) is 40.7 Å². The van der Waals surface area contributed by atoms with Crippen molar-refractivity contribution >= 4 is 23.2 Å². The van der Waals surface area contributed by atoms with Gasteiger partial charge in [0.25, 0.3) is 0 Å². The Labute approximate surface area is 183 Å². The minimum atomic E-state index is -0.0515. The van der Waals surface area contributed by atoms with E-state index in [1.165, 1.54) is 16.0 Å². The van der Waals surface area contributed by atoms with E-state index in [0.717, 1.165) is 44.1 Å². The van der Waals surface area contributed by atoms with Crippen LogP contribution < -0.4 is 0 Å². The van der Waals surface area contributed by atoms with Gasteiger partial charge in [-0.1, -0.05) is 49.6 Å². The molecule has 0 radical (unpaired) electrons. The average molecular weight is 425 g/mol. The third-order valence-electron chi connectivity index (χ3n) is 6.29. The van der Waals surface area contributed by atoms with E-state index in [1.807, 2.05) is 9.80 Å². The number of unbranched alkanes of at least 4 members (excludes halogenated alkanes) is 2. The number of thiophene rings is 1. The Kier molecular flexibility index (Phi) is 6.57. The molecule has 0 N–H and O–H groups in total. The van der Waals surface area contributed by atoms with Crippen molar-refractivity contribution in [1.82, 2.24) is 9.80 Å². The Morgan fingerprint density at radius 2 is 1.90 bits per heavy atom. The molecule has 4 nitrogen and oxygen atoms in total. The van der Waals surface area contributed by atoms with Crippen LogP contribution in [0.1, 0.15) is 73.1 Å². The second-order valence-corrected chi connectivity index (χ2v) is 9.66. The zero-order valence-corrected chi connectivity index (χ0v) is 18.9. The Morgan fingerprint density at radius 3 is 2.60 bits per heavy atom. The molecule has 4 rings (SSSR count). The molecule has 2 aromatic rings. The van der Waals surface area contributed by atoms with E-state index in [1.54, 1.807) is 11.3 Å². The van der Waals surface area contributed by atoms with Crippen molar-refractivity contribution in [1.29, 1.82) is 0 Å². The molecule has 2 heterocycles. The van der Waals surface area contributed by atoms with Gasteiger partial charge in [-0.2, -0.15) is 0 Å². The Morgan fingerprint density at radius 1 is 1.13 bits per heavy atom. The summed E-state index contributed by atoms with van der Waals surface area (Å²) in [6.07, 6.45) is 6.61. The summed E-state index contributed by atoms with van der Waals surface area (Å²) in [5.74, 6) is 0.229. The summed E-state index contributed by atoms with van der Waals surface area (Å²) in [4.78, 5) is 31.6. The molecular weight excluding hydrogens is 392 g/mol. The maximum atomic E-state index is 13.5. The molecule has 1 aliphatic carbocycles. The third kappa shape index (κ3) is 4.61. The quantitative estimate of drug-likeness (QED) is 0.553. The van der Waals surface area contributed by atoms with Gasteiger partial charge in [-0.3, -0.25) is 9.59 Å². The Hall–Kier alpha value is -2.14. The Bertz CT molecular complexity index is 885. The van der Waals surface area contributed by atoms with Crippen LogP contribution in [0.3, 0.4) is 0 Å². The zero-order chi connectivity index (χ0) is 21.1. The van der Waals surface area contributed by atoms with Crippen LogP contribution in [0.25, 0.3) is 0 Å². The smallest absolute Gasteiger partial charge is 0.243 e. The number of nitrogens with zero attached hydrogens (tertiary/aromatic N) is 2. The lowest BCUT2D eigenvalue weighted by molar-refractivity contribution is -0.142. The van der Waals surface area contributed by atoms with Crippen LogP contribution in [-0.2, 0) is 16.0 Å². The van der Waals surface area contributed by atoms with Gasteiger partial charge in [0.1, 0.15) is 6.54 Å². The van der Waals surface area contributed by atoms with Crippen molar-refractivity contribution in [3.8, 4) is 0 Å². The predicted molar refractivity (Wildman–Crippen MR) is 122 cm³/mol. The van der Waals surface area contributed by atoms with Crippen molar-refractivity contribution in [3.05, 3.63) is 57.3 Å². The van der Waals surface area contributed by atoms with Gasteiger partial charge in [-0.05, 0) is 55.2 Å². The minimum absolute atomic E-state index is 0.0515. The second-order valence-electron chi connectivity index (χ2n) is 8.66. The standard InChI is InChI=1S/C25H32N2O2S/c1-3-4-5-6-23(28)27(20-11-12-20)17-24(29)26-15-13-22-21(14-16-30-22)25(26)19-9-7-18(2)8-10-19/h7-10,14,16,20,25H,3-6,11-13,15,17H2,1-2H3/t25-/m0/s1. The lowest BCUT2D eigenvalue weighted by atomic mass is 9.92. The first kappa shape index (κ1) is 21.1. The number of hydrogen-bond donors (Lipinski definition) is 0. The highest BCUT2D eigenvalue weighted by atomic mass is 32.1. The number of amides is 2. The average Bonchev–Trinajstić information content (AvgIpc) is 3.47. The summed E-state index contributed by atoms with van der Waals surface area (Å²) in [7, 11) is 0. The summed E-state index contributed by atoms with van der Waals surface area (Å²) >= 11 is 1.78. The monoisotopic (exact) mass is 424 g/mol. The highest BCUT2D eigenvalue weighted by Crippen LogP contribution is 2.38. The molecule has 2 amide bonds. The molecule has 0 spiro atoms. The number of carbonyl (C=O) groups is 2. The van der Waals surface area contributed by atoms with Crippen LogP contribution in [0.15, 0.2) is 35.7 Å². The first-order chi connectivity index (χ1) is 14.6. The van der Waals surface area contributed by atoms with Crippen molar-refractivity contribution in [2.75, 3.05) is 13.1 Å². The third-order valence-corrected chi connectivity index (χ3v) is 7.28. The van der Waals surface area contributed by atoms with Crippen LogP contribution in [0, 0.1) is 6.92 Å². The molecule has 1 aliphatic heterocycles. The predicted octanol–water partition coefficient (Wildman–Crippen LogP) is 5.10. The van der Waals surface area contributed by atoms with Crippen LogP contribution in [0.5, 0.6) is 0 Å². The van der Waals surface area contributed by atoms with Crippen LogP contribution in [0.2, 0.25) is 0 Å². The molecule has 1 atom stereocenters. The molecule has 1 aromatic carbocycles. The van der Waals surface area contributed by atoms with Gasteiger partial charge in [0.05, 0.1) is 6.04 Å². The lowest BCUT2D eigenvalue weighted by Gasteiger charge is -2.37. The van der Waals surface area contributed by atoms with Gasteiger partial charge in [0.15, 0.2) is 0 Å². The SMILES string of the molecule is CCCCCC(=O)N(CC(=O)N1CCc2sccc2[C@@H]1c1ccc(C)cc1)C1CC1. The molecule has 30 heavy (non-hydrogen) atoms. The highest BCUT2D eigenvalue weighted by molar-refractivity contribution is 7.10. The fraction of sp³-hybridized carbons (Fsp3) is 0.520. The molecule has 0 unspecified atom stereocenters. The molecule has 2 aliphatic rings. The normalized spacial score (nSPS) is 18.2. The maximum absolute atomic E-state index is 13.5. The molecule has 5 heteroatoms.